The van der Waals surface area contributed by atoms with Gasteiger partial charge in [0.1, 0.15) is 23.0 Å². The molecule has 38 heavy (non-hydrogen) atoms. The molecule has 1 fully saturated rings. The molecule has 0 saturated carbocycles. The lowest BCUT2D eigenvalue weighted by atomic mass is 9.68. The number of methoxy groups -OCH3 is 2. The number of likely N-dealkylation sites (tertiary alicyclic amines) is 1. The van der Waals surface area contributed by atoms with Crippen LogP contribution in [0.15, 0.2) is 78.9 Å². The van der Waals surface area contributed by atoms with Gasteiger partial charge in [-0.15, -0.1) is 0 Å². The third-order valence-corrected chi connectivity index (χ3v) is 7.16. The van der Waals surface area contributed by atoms with E-state index in [4.69, 9.17) is 14.3 Å². The van der Waals surface area contributed by atoms with Gasteiger partial charge in [0, 0.05) is 6.54 Å². The van der Waals surface area contributed by atoms with Crippen molar-refractivity contribution >= 4 is 11.8 Å². The van der Waals surface area contributed by atoms with Gasteiger partial charge in [-0.1, -0.05) is 67.9 Å². The summed E-state index contributed by atoms with van der Waals surface area (Å²) in [5.41, 5.74) is 3.75. The summed E-state index contributed by atoms with van der Waals surface area (Å²) in [6.07, 6.45) is 3.12. The van der Waals surface area contributed by atoms with Crippen LogP contribution in [0.1, 0.15) is 49.3 Å². The predicted molar refractivity (Wildman–Crippen MR) is 146 cm³/mol. The molecule has 0 aromatic heterocycles. The van der Waals surface area contributed by atoms with Crippen LogP contribution in [0.25, 0.3) is 0 Å². The van der Waals surface area contributed by atoms with Crippen LogP contribution in [0, 0.1) is 0 Å². The van der Waals surface area contributed by atoms with E-state index in [2.05, 4.69) is 12.4 Å². The Labute approximate surface area is 224 Å². The third kappa shape index (κ3) is 5.38. The predicted octanol–water partition coefficient (Wildman–Crippen LogP) is 4.88. The maximum atomic E-state index is 14.9. The summed E-state index contributed by atoms with van der Waals surface area (Å²) in [7, 11) is 3.23. The van der Waals surface area contributed by atoms with Crippen LogP contribution in [0.4, 0.5) is 0 Å². The normalized spacial score (nSPS) is 15.2. The Morgan fingerprint density at radius 1 is 0.868 bits per heavy atom. The summed E-state index contributed by atoms with van der Waals surface area (Å²) >= 11 is 0. The number of ether oxygens (including phenoxy) is 2. The topological polar surface area (TPSA) is 77.1 Å². The Balaban J connectivity index is 1.84. The van der Waals surface area contributed by atoms with Crippen LogP contribution >= 0.6 is 0 Å². The molecule has 3 aromatic carbocycles. The lowest BCUT2D eigenvalue weighted by Crippen LogP contribution is -2.54. The summed E-state index contributed by atoms with van der Waals surface area (Å²) < 4.78 is 10.8. The van der Waals surface area contributed by atoms with Gasteiger partial charge in [0.25, 0.3) is 5.91 Å². The number of nitrogens with one attached hydrogen (secondary N) is 1. The highest BCUT2D eigenvalue weighted by atomic mass is 16.6. The van der Waals surface area contributed by atoms with Crippen molar-refractivity contribution in [2.75, 3.05) is 27.4 Å². The van der Waals surface area contributed by atoms with E-state index in [0.29, 0.717) is 31.1 Å². The highest BCUT2D eigenvalue weighted by molar-refractivity contribution is 5.99. The van der Waals surface area contributed by atoms with Crippen molar-refractivity contribution in [1.29, 1.82) is 0 Å². The average molecular weight is 517 g/mol. The first-order chi connectivity index (χ1) is 18.6. The lowest BCUT2D eigenvalue weighted by Gasteiger charge is -2.39. The Morgan fingerprint density at radius 2 is 1.42 bits per heavy atom. The van der Waals surface area contributed by atoms with E-state index in [1.54, 1.807) is 19.1 Å². The first-order valence-electron chi connectivity index (χ1n) is 13.1. The Morgan fingerprint density at radius 3 is 1.95 bits per heavy atom. The number of hydrogen-bond donors (Lipinski definition) is 1. The fourth-order valence-electron chi connectivity index (χ4n) is 5.15. The van der Waals surface area contributed by atoms with E-state index in [1.807, 2.05) is 78.9 Å². The monoisotopic (exact) mass is 516 g/mol. The molecule has 1 aliphatic heterocycles. The quantitative estimate of drug-likeness (QED) is 0.223. The Hall–Kier alpha value is -3.84. The molecule has 200 valence electrons. The lowest BCUT2D eigenvalue weighted by molar-refractivity contribution is -0.146. The summed E-state index contributed by atoms with van der Waals surface area (Å²) in [6.45, 7) is 2.98. The van der Waals surface area contributed by atoms with E-state index in [9.17, 15) is 9.59 Å². The van der Waals surface area contributed by atoms with Crippen molar-refractivity contribution in [3.63, 3.8) is 0 Å². The van der Waals surface area contributed by atoms with Crippen molar-refractivity contribution in [1.82, 2.24) is 10.4 Å². The molecule has 1 N–H and O–H groups in total. The number of benzene rings is 3. The molecule has 3 aromatic rings. The molecule has 7 nitrogen and oxygen atoms in total. The number of carbonyl (C=O) groups excluding carboxylic acids is 2. The Bertz CT molecular complexity index is 1150. The van der Waals surface area contributed by atoms with Gasteiger partial charge in [-0.05, 0) is 60.2 Å². The van der Waals surface area contributed by atoms with Crippen molar-refractivity contribution in [3.05, 3.63) is 95.6 Å². The zero-order valence-corrected chi connectivity index (χ0v) is 22.3. The van der Waals surface area contributed by atoms with Gasteiger partial charge >= 0.3 is 0 Å². The van der Waals surface area contributed by atoms with Crippen LogP contribution < -0.4 is 15.0 Å². The molecule has 1 aliphatic rings. The summed E-state index contributed by atoms with van der Waals surface area (Å²) in [4.78, 5) is 35.2. The van der Waals surface area contributed by atoms with Crippen molar-refractivity contribution in [2.24, 2.45) is 0 Å². The zero-order chi connectivity index (χ0) is 27.0. The maximum absolute atomic E-state index is 14.9. The SMILES string of the molecule is CCCCONC(=O)[C@@H]1CCCN1C(=O)C(c1ccccc1)(c1ccc(OC)cc1)c1ccc(OC)cc1. The fourth-order valence-corrected chi connectivity index (χ4v) is 5.15. The van der Waals surface area contributed by atoms with Crippen LogP contribution in [0.2, 0.25) is 0 Å². The number of nitrogens with zero attached hydrogens (tertiary/aromatic N) is 1. The van der Waals surface area contributed by atoms with Crippen molar-refractivity contribution < 1.29 is 23.9 Å². The first kappa shape index (κ1) is 27.2. The van der Waals surface area contributed by atoms with Gasteiger partial charge < -0.3 is 14.4 Å². The molecule has 4 rings (SSSR count). The number of hydroxylamine groups is 1. The largest absolute Gasteiger partial charge is 0.497 e. The smallest absolute Gasteiger partial charge is 0.266 e. The fraction of sp³-hybridized carbons (Fsp3) is 0.355. The van der Waals surface area contributed by atoms with E-state index in [1.165, 1.54) is 0 Å². The minimum absolute atomic E-state index is 0.162. The van der Waals surface area contributed by atoms with Crippen LogP contribution in [-0.2, 0) is 19.8 Å². The number of carbonyl (C=O) groups is 2. The molecular weight excluding hydrogens is 480 g/mol. The highest BCUT2D eigenvalue weighted by Crippen LogP contribution is 2.43. The zero-order valence-electron chi connectivity index (χ0n) is 22.3. The third-order valence-electron chi connectivity index (χ3n) is 7.16. The molecular formula is C31H36N2O5. The van der Waals surface area contributed by atoms with E-state index in [-0.39, 0.29) is 11.8 Å². The molecule has 1 atom stereocenters. The van der Waals surface area contributed by atoms with Crippen molar-refractivity contribution in [2.45, 2.75) is 44.1 Å². The van der Waals surface area contributed by atoms with E-state index in [0.717, 1.165) is 36.0 Å². The summed E-state index contributed by atoms with van der Waals surface area (Å²) in [5.74, 6) is 0.935. The van der Waals surface area contributed by atoms with Gasteiger partial charge in [0.05, 0.1) is 20.8 Å². The standard InChI is InChI=1S/C31H36N2O5/c1-4-5-22-38-32-29(34)28-12-9-21-33(28)30(35)31(23-10-7-6-8-11-23,24-13-17-26(36-2)18-14-24)25-15-19-27(37-3)20-16-25/h6-8,10-11,13-20,28H,4-5,9,12,21-22H2,1-3H3,(H,32,34)/t28-/m0/s1. The minimum Gasteiger partial charge on any atom is -0.497 e. The number of unbranched alkanes of at least 4 members (excludes halogenated alkanes) is 1. The molecule has 2 amide bonds. The second kappa shape index (κ2) is 12.6. The van der Waals surface area contributed by atoms with Gasteiger partial charge in [-0.2, -0.15) is 0 Å². The average Bonchev–Trinajstić information content (AvgIpc) is 3.47. The molecule has 0 unspecified atom stereocenters. The minimum atomic E-state index is -1.20. The molecule has 1 heterocycles. The summed E-state index contributed by atoms with van der Waals surface area (Å²) in [5, 5.41) is 0. The van der Waals surface area contributed by atoms with Gasteiger partial charge in [-0.25, -0.2) is 5.48 Å². The van der Waals surface area contributed by atoms with Gasteiger partial charge in [0.2, 0.25) is 5.91 Å². The van der Waals surface area contributed by atoms with Gasteiger partial charge in [-0.3, -0.25) is 14.4 Å². The second-order valence-electron chi connectivity index (χ2n) is 9.40. The molecule has 1 saturated heterocycles. The maximum Gasteiger partial charge on any atom is 0.266 e. The summed E-state index contributed by atoms with van der Waals surface area (Å²) in [6, 6.07) is 24.2. The van der Waals surface area contributed by atoms with Crippen LogP contribution in [0.5, 0.6) is 11.5 Å². The van der Waals surface area contributed by atoms with E-state index < -0.39 is 11.5 Å². The van der Waals surface area contributed by atoms with Crippen LogP contribution in [-0.4, -0.2) is 50.1 Å². The van der Waals surface area contributed by atoms with E-state index >= 15 is 0 Å². The molecule has 7 heteroatoms. The molecule has 0 aliphatic carbocycles. The van der Waals surface area contributed by atoms with Gasteiger partial charge in [0.15, 0.2) is 0 Å². The second-order valence-corrected chi connectivity index (χ2v) is 9.40. The van der Waals surface area contributed by atoms with Crippen LogP contribution in [0.3, 0.4) is 0 Å². The first-order valence-corrected chi connectivity index (χ1v) is 13.1. The Kier molecular flexibility index (Phi) is 9.02. The highest BCUT2D eigenvalue weighted by Gasteiger charge is 2.49. The molecule has 0 bridgehead atoms. The molecule has 0 spiro atoms. The molecule has 0 radical (unpaired) electrons. The number of hydrogen-bond acceptors (Lipinski definition) is 5. The van der Waals surface area contributed by atoms with Crippen molar-refractivity contribution in [3.8, 4) is 11.5 Å². The number of rotatable bonds is 11. The number of amides is 2.